The third kappa shape index (κ3) is 3.61. The molecule has 23 heavy (non-hydrogen) atoms. The van der Waals surface area contributed by atoms with Crippen molar-refractivity contribution in [2.45, 2.75) is 38.6 Å². The number of nitrogens with one attached hydrogen (secondary N) is 1. The SMILES string of the molecule is C[C@@H](NC(=O)COc1ccc(C#N)cc1Cl)[C@H]1C[C@H]2CC[C@H]1C2. The van der Waals surface area contributed by atoms with E-state index in [9.17, 15) is 4.79 Å². The lowest BCUT2D eigenvalue weighted by atomic mass is 9.84. The van der Waals surface area contributed by atoms with E-state index < -0.39 is 0 Å². The summed E-state index contributed by atoms with van der Waals surface area (Å²) in [4.78, 5) is 12.1. The second-order valence-corrected chi connectivity index (χ2v) is 7.15. The van der Waals surface area contributed by atoms with Crippen LogP contribution >= 0.6 is 11.6 Å². The molecule has 2 aliphatic carbocycles. The molecule has 0 aliphatic heterocycles. The van der Waals surface area contributed by atoms with Crippen molar-refractivity contribution in [3.8, 4) is 11.8 Å². The number of fused-ring (bicyclic) bond motifs is 2. The van der Waals surface area contributed by atoms with Crippen LogP contribution in [0.15, 0.2) is 18.2 Å². The Morgan fingerprint density at radius 2 is 2.30 bits per heavy atom. The van der Waals surface area contributed by atoms with Gasteiger partial charge < -0.3 is 10.1 Å². The average molecular weight is 333 g/mol. The fourth-order valence-electron chi connectivity index (χ4n) is 4.14. The molecule has 1 aromatic rings. The van der Waals surface area contributed by atoms with Crippen LogP contribution in [-0.2, 0) is 4.79 Å². The van der Waals surface area contributed by atoms with E-state index in [-0.39, 0.29) is 18.6 Å². The molecular weight excluding hydrogens is 312 g/mol. The highest BCUT2D eigenvalue weighted by atomic mass is 35.5. The van der Waals surface area contributed by atoms with E-state index in [0.717, 1.165) is 11.8 Å². The van der Waals surface area contributed by atoms with Gasteiger partial charge in [-0.2, -0.15) is 5.26 Å². The van der Waals surface area contributed by atoms with Crippen molar-refractivity contribution in [3.63, 3.8) is 0 Å². The van der Waals surface area contributed by atoms with E-state index in [4.69, 9.17) is 21.6 Å². The van der Waals surface area contributed by atoms with Crippen molar-refractivity contribution in [3.05, 3.63) is 28.8 Å². The van der Waals surface area contributed by atoms with Gasteiger partial charge in [-0.1, -0.05) is 18.0 Å². The standard InChI is InChI=1S/C18H21ClN2O2/c1-11(15-7-12-2-4-14(15)6-12)21-18(22)10-23-17-5-3-13(9-20)8-16(17)19/h3,5,8,11-12,14-15H,2,4,6-7,10H2,1H3,(H,21,22)/t11-,12+,14+,15-/m1/s1. The minimum atomic E-state index is -0.124. The van der Waals surface area contributed by atoms with Crippen LogP contribution < -0.4 is 10.1 Å². The van der Waals surface area contributed by atoms with Gasteiger partial charge in [0.05, 0.1) is 16.7 Å². The second-order valence-electron chi connectivity index (χ2n) is 6.74. The van der Waals surface area contributed by atoms with Gasteiger partial charge in [0, 0.05) is 6.04 Å². The van der Waals surface area contributed by atoms with E-state index in [1.807, 2.05) is 6.07 Å². The van der Waals surface area contributed by atoms with Crippen molar-refractivity contribution < 1.29 is 9.53 Å². The van der Waals surface area contributed by atoms with Crippen molar-refractivity contribution in [1.29, 1.82) is 5.26 Å². The lowest BCUT2D eigenvalue weighted by Crippen LogP contribution is -2.42. The molecule has 1 aromatic carbocycles. The van der Waals surface area contributed by atoms with Gasteiger partial charge in [-0.25, -0.2) is 0 Å². The number of benzene rings is 1. The van der Waals surface area contributed by atoms with Gasteiger partial charge in [0.1, 0.15) is 5.75 Å². The molecule has 2 saturated carbocycles. The molecule has 1 amide bonds. The first kappa shape index (κ1) is 16.1. The van der Waals surface area contributed by atoms with Crippen molar-refractivity contribution in [2.75, 3.05) is 6.61 Å². The van der Waals surface area contributed by atoms with Gasteiger partial charge >= 0.3 is 0 Å². The van der Waals surface area contributed by atoms with Gasteiger partial charge in [-0.15, -0.1) is 0 Å². The average Bonchev–Trinajstić information content (AvgIpc) is 3.16. The molecule has 0 saturated heterocycles. The number of halogens is 1. The first-order valence-corrected chi connectivity index (χ1v) is 8.56. The van der Waals surface area contributed by atoms with Gasteiger partial charge in [0.15, 0.2) is 6.61 Å². The summed E-state index contributed by atoms with van der Waals surface area (Å²) in [5.41, 5.74) is 0.469. The smallest absolute Gasteiger partial charge is 0.258 e. The quantitative estimate of drug-likeness (QED) is 0.897. The molecule has 0 heterocycles. The van der Waals surface area contributed by atoms with Crippen LogP contribution in [-0.4, -0.2) is 18.6 Å². The first-order chi connectivity index (χ1) is 11.1. The molecule has 0 aromatic heterocycles. The number of amides is 1. The predicted molar refractivity (Wildman–Crippen MR) is 88.2 cm³/mol. The fraction of sp³-hybridized carbons (Fsp3) is 0.556. The minimum absolute atomic E-state index is 0.0588. The van der Waals surface area contributed by atoms with E-state index in [1.165, 1.54) is 31.7 Å². The molecule has 0 spiro atoms. The molecule has 1 N–H and O–H groups in total. The molecular formula is C18H21ClN2O2. The van der Waals surface area contributed by atoms with E-state index in [2.05, 4.69) is 12.2 Å². The highest BCUT2D eigenvalue weighted by Crippen LogP contribution is 2.49. The largest absolute Gasteiger partial charge is 0.482 e. The maximum absolute atomic E-state index is 12.1. The van der Waals surface area contributed by atoms with E-state index in [0.29, 0.717) is 22.3 Å². The maximum Gasteiger partial charge on any atom is 0.258 e. The zero-order chi connectivity index (χ0) is 16.4. The Bertz CT molecular complexity index is 640. The topological polar surface area (TPSA) is 62.1 Å². The van der Waals surface area contributed by atoms with Gasteiger partial charge in [-0.05, 0) is 62.1 Å². The summed E-state index contributed by atoms with van der Waals surface area (Å²) in [6, 6.07) is 6.98. The van der Waals surface area contributed by atoms with Gasteiger partial charge in [0.2, 0.25) is 0 Å². The van der Waals surface area contributed by atoms with Crippen LogP contribution in [0.2, 0.25) is 5.02 Å². The summed E-state index contributed by atoms with van der Waals surface area (Å²) in [6.45, 7) is 2.04. The third-order valence-electron chi connectivity index (χ3n) is 5.24. The third-order valence-corrected chi connectivity index (χ3v) is 5.54. The number of carbonyl (C=O) groups excluding carboxylic acids is 1. The van der Waals surface area contributed by atoms with E-state index >= 15 is 0 Å². The summed E-state index contributed by atoms with van der Waals surface area (Å²) in [5.74, 6) is 2.56. The molecule has 4 atom stereocenters. The number of ether oxygens (including phenoxy) is 1. The van der Waals surface area contributed by atoms with Crippen LogP contribution in [0.4, 0.5) is 0 Å². The Balaban J connectivity index is 1.49. The zero-order valence-corrected chi connectivity index (χ0v) is 14.0. The van der Waals surface area contributed by atoms with Crippen LogP contribution in [0.5, 0.6) is 5.75 Å². The zero-order valence-electron chi connectivity index (χ0n) is 13.2. The monoisotopic (exact) mass is 332 g/mol. The Kier molecular flexibility index (Phi) is 4.77. The van der Waals surface area contributed by atoms with Crippen LogP contribution in [0.1, 0.15) is 38.2 Å². The van der Waals surface area contributed by atoms with Crippen molar-refractivity contribution in [2.24, 2.45) is 17.8 Å². The minimum Gasteiger partial charge on any atom is -0.482 e. The maximum atomic E-state index is 12.1. The van der Waals surface area contributed by atoms with Gasteiger partial charge in [-0.3, -0.25) is 4.79 Å². The summed E-state index contributed by atoms with van der Waals surface area (Å²) in [6.07, 6.45) is 5.26. The molecule has 2 aliphatic rings. The lowest BCUT2D eigenvalue weighted by Gasteiger charge is -2.28. The summed E-state index contributed by atoms with van der Waals surface area (Å²) >= 11 is 6.04. The summed E-state index contributed by atoms with van der Waals surface area (Å²) in [5, 5.41) is 12.2. The number of nitriles is 1. The summed E-state index contributed by atoms with van der Waals surface area (Å²) in [7, 11) is 0. The first-order valence-electron chi connectivity index (χ1n) is 8.18. The second kappa shape index (κ2) is 6.80. The Morgan fingerprint density at radius 1 is 1.48 bits per heavy atom. The molecule has 4 nitrogen and oxygen atoms in total. The van der Waals surface area contributed by atoms with Gasteiger partial charge in [0.25, 0.3) is 5.91 Å². The molecule has 2 bridgehead atoms. The molecule has 0 unspecified atom stereocenters. The highest BCUT2D eigenvalue weighted by Gasteiger charge is 2.42. The van der Waals surface area contributed by atoms with Crippen LogP contribution in [0, 0.1) is 29.1 Å². The normalized spacial score (nSPS) is 26.6. The number of carbonyl (C=O) groups is 1. The Labute approximate surface area is 141 Å². The molecule has 0 radical (unpaired) electrons. The molecule has 5 heteroatoms. The molecule has 122 valence electrons. The summed E-state index contributed by atoms with van der Waals surface area (Å²) < 4.78 is 5.47. The predicted octanol–water partition coefficient (Wildman–Crippen LogP) is 3.53. The van der Waals surface area contributed by atoms with Crippen molar-refractivity contribution in [1.82, 2.24) is 5.32 Å². The molecule has 2 fully saturated rings. The number of hydrogen-bond donors (Lipinski definition) is 1. The van der Waals surface area contributed by atoms with Crippen LogP contribution in [0.25, 0.3) is 0 Å². The van der Waals surface area contributed by atoms with Crippen LogP contribution in [0.3, 0.4) is 0 Å². The fourth-order valence-corrected chi connectivity index (χ4v) is 4.37. The van der Waals surface area contributed by atoms with Crippen molar-refractivity contribution >= 4 is 17.5 Å². The lowest BCUT2D eigenvalue weighted by molar-refractivity contribution is -0.124. The van der Waals surface area contributed by atoms with E-state index in [1.54, 1.807) is 12.1 Å². The number of rotatable bonds is 5. The Hall–Kier alpha value is -1.73. The number of hydrogen-bond acceptors (Lipinski definition) is 3. The molecule has 3 rings (SSSR count). The number of nitrogens with zero attached hydrogens (tertiary/aromatic N) is 1. The highest BCUT2D eigenvalue weighted by molar-refractivity contribution is 6.32. The Morgan fingerprint density at radius 3 is 2.91 bits per heavy atom.